The summed E-state index contributed by atoms with van der Waals surface area (Å²) in [5.41, 5.74) is 1.32. The number of benzene rings is 1. The molecule has 3 rings (SSSR count). The number of carbonyl (C=O) groups is 1. The third-order valence-electron chi connectivity index (χ3n) is 3.27. The number of fused-ring (bicyclic) bond motifs is 1. The van der Waals surface area contributed by atoms with Crippen LogP contribution in [0.2, 0.25) is 0 Å². The number of carbonyl (C=O) groups excluding carboxylic acids is 1. The Morgan fingerprint density at radius 2 is 2.06 bits per heavy atom. The van der Waals surface area contributed by atoms with E-state index in [-0.39, 0.29) is 17.8 Å². The largest absolute Gasteiger partial charge is 0.380 e. The van der Waals surface area contributed by atoms with Gasteiger partial charge in [-0.1, -0.05) is 0 Å². The highest BCUT2D eigenvalue weighted by Crippen LogP contribution is 2.39. The molecule has 1 fully saturated rings. The van der Waals surface area contributed by atoms with Crippen LogP contribution in [0.25, 0.3) is 0 Å². The molecule has 0 spiro atoms. The highest BCUT2D eigenvalue weighted by atomic mass is 79.9. The number of rotatable bonds is 1. The van der Waals surface area contributed by atoms with E-state index in [0.29, 0.717) is 22.5 Å². The molecule has 1 saturated carbocycles. The number of nitrogens with one attached hydrogen (secondary N) is 2. The van der Waals surface area contributed by atoms with Crippen molar-refractivity contribution in [1.82, 2.24) is 0 Å². The van der Waals surface area contributed by atoms with Gasteiger partial charge in [0.25, 0.3) is 0 Å². The molecule has 1 aromatic rings. The molecule has 2 N–H and O–H groups in total. The molecule has 0 aromatic heterocycles. The second-order valence-electron chi connectivity index (χ2n) is 4.65. The maximum atomic E-state index is 13.4. The summed E-state index contributed by atoms with van der Waals surface area (Å²) in [4.78, 5) is 11.7. The van der Waals surface area contributed by atoms with Crippen LogP contribution in [0.3, 0.4) is 0 Å². The molecule has 1 amide bonds. The molecule has 0 bridgehead atoms. The van der Waals surface area contributed by atoms with Gasteiger partial charge in [0.1, 0.15) is 5.82 Å². The Morgan fingerprint density at radius 3 is 2.76 bits per heavy atom. The molecule has 0 radical (unpaired) electrons. The van der Waals surface area contributed by atoms with Gasteiger partial charge in [-0.15, -0.1) is 0 Å². The van der Waals surface area contributed by atoms with Crippen molar-refractivity contribution in [3.05, 3.63) is 22.4 Å². The van der Waals surface area contributed by atoms with E-state index in [1.807, 2.05) is 0 Å². The molecule has 1 unspecified atom stereocenters. The summed E-state index contributed by atoms with van der Waals surface area (Å²) in [5.74, 6) is 0.168. The molecule has 1 aliphatic carbocycles. The molecule has 1 atom stereocenters. The molecule has 1 aliphatic heterocycles. The van der Waals surface area contributed by atoms with Gasteiger partial charge < -0.3 is 10.6 Å². The van der Waals surface area contributed by atoms with Crippen LogP contribution in [0.1, 0.15) is 19.3 Å². The van der Waals surface area contributed by atoms with Gasteiger partial charge in [0.15, 0.2) is 0 Å². The first kappa shape index (κ1) is 11.0. The summed E-state index contributed by atoms with van der Waals surface area (Å²) in [6, 6.07) is 3.21. The third-order valence-corrected chi connectivity index (χ3v) is 3.88. The van der Waals surface area contributed by atoms with Crippen LogP contribution in [0, 0.1) is 11.7 Å². The fourth-order valence-corrected chi connectivity index (χ4v) is 2.55. The minimum absolute atomic E-state index is 0.0464. The second kappa shape index (κ2) is 3.98. The number of anilines is 2. The van der Waals surface area contributed by atoms with Crippen LogP contribution in [0.5, 0.6) is 0 Å². The zero-order valence-electron chi connectivity index (χ0n) is 9.09. The predicted molar refractivity (Wildman–Crippen MR) is 67.5 cm³/mol. The van der Waals surface area contributed by atoms with Gasteiger partial charge in [-0.05, 0) is 40.8 Å². The summed E-state index contributed by atoms with van der Waals surface area (Å²) in [7, 11) is 0. The van der Waals surface area contributed by atoms with E-state index in [1.165, 1.54) is 18.9 Å². The van der Waals surface area contributed by atoms with Crippen LogP contribution in [0.4, 0.5) is 15.8 Å². The Bertz CT molecular complexity index is 488. The maximum Gasteiger partial charge on any atom is 0.226 e. The number of hydrogen-bond acceptors (Lipinski definition) is 2. The SMILES string of the molecule is O=C1CC(C2CC2)Nc2cc(Br)c(F)cc2N1. The van der Waals surface area contributed by atoms with E-state index >= 15 is 0 Å². The van der Waals surface area contributed by atoms with Crippen molar-refractivity contribution in [2.24, 2.45) is 5.92 Å². The van der Waals surface area contributed by atoms with Crippen molar-refractivity contribution in [3.63, 3.8) is 0 Å². The van der Waals surface area contributed by atoms with Crippen molar-refractivity contribution in [2.45, 2.75) is 25.3 Å². The number of hydrogen-bond donors (Lipinski definition) is 2. The fourth-order valence-electron chi connectivity index (χ4n) is 2.20. The Hall–Kier alpha value is -1.10. The lowest BCUT2D eigenvalue weighted by Gasteiger charge is -2.16. The Labute approximate surface area is 107 Å². The molecular weight excluding hydrogens is 287 g/mol. The summed E-state index contributed by atoms with van der Waals surface area (Å²) >= 11 is 3.16. The summed E-state index contributed by atoms with van der Waals surface area (Å²) in [5, 5.41) is 6.08. The van der Waals surface area contributed by atoms with E-state index in [1.54, 1.807) is 6.07 Å². The molecule has 17 heavy (non-hydrogen) atoms. The monoisotopic (exact) mass is 298 g/mol. The van der Waals surface area contributed by atoms with Crippen LogP contribution in [-0.2, 0) is 4.79 Å². The average Bonchev–Trinajstić information content (AvgIpc) is 3.06. The fraction of sp³-hybridized carbons (Fsp3) is 0.417. The molecule has 90 valence electrons. The molecule has 1 heterocycles. The quantitative estimate of drug-likeness (QED) is 0.836. The number of halogens is 2. The van der Waals surface area contributed by atoms with E-state index in [4.69, 9.17) is 0 Å². The maximum absolute atomic E-state index is 13.4. The molecule has 5 heteroatoms. The Kier molecular flexibility index (Phi) is 2.58. The first-order valence-corrected chi connectivity index (χ1v) is 6.48. The highest BCUT2D eigenvalue weighted by Gasteiger charge is 2.34. The lowest BCUT2D eigenvalue weighted by atomic mass is 10.1. The van der Waals surface area contributed by atoms with E-state index in [9.17, 15) is 9.18 Å². The van der Waals surface area contributed by atoms with Gasteiger partial charge in [-0.3, -0.25) is 4.79 Å². The highest BCUT2D eigenvalue weighted by molar-refractivity contribution is 9.10. The molecule has 0 saturated heterocycles. The molecule has 2 aliphatic rings. The lowest BCUT2D eigenvalue weighted by Crippen LogP contribution is -2.24. The third kappa shape index (κ3) is 2.16. The summed E-state index contributed by atoms with van der Waals surface area (Å²) < 4.78 is 13.8. The van der Waals surface area contributed by atoms with Crippen molar-refractivity contribution in [1.29, 1.82) is 0 Å². The minimum Gasteiger partial charge on any atom is -0.380 e. The molecule has 3 nitrogen and oxygen atoms in total. The molecular formula is C12H12BrFN2O. The Morgan fingerprint density at radius 1 is 1.29 bits per heavy atom. The normalized spacial score (nSPS) is 23.4. The van der Waals surface area contributed by atoms with Crippen LogP contribution >= 0.6 is 15.9 Å². The number of amides is 1. The zero-order chi connectivity index (χ0) is 12.0. The molecule has 1 aromatic carbocycles. The minimum atomic E-state index is -0.365. The second-order valence-corrected chi connectivity index (χ2v) is 5.51. The first-order valence-electron chi connectivity index (χ1n) is 5.69. The van der Waals surface area contributed by atoms with Crippen LogP contribution in [0.15, 0.2) is 16.6 Å². The Balaban J connectivity index is 1.98. The topological polar surface area (TPSA) is 41.1 Å². The summed E-state index contributed by atoms with van der Waals surface area (Å²) in [6.45, 7) is 0. The summed E-state index contributed by atoms with van der Waals surface area (Å²) in [6.07, 6.45) is 2.80. The van der Waals surface area contributed by atoms with Gasteiger partial charge in [-0.2, -0.15) is 0 Å². The smallest absolute Gasteiger partial charge is 0.226 e. The standard InChI is InChI=1S/C12H12BrFN2O/c13-7-3-10-11(4-8(7)14)16-12(17)5-9(15-10)6-1-2-6/h3-4,6,9,15H,1-2,5H2,(H,16,17). The van der Waals surface area contributed by atoms with Gasteiger partial charge >= 0.3 is 0 Å². The van der Waals surface area contributed by atoms with Crippen LogP contribution in [-0.4, -0.2) is 11.9 Å². The first-order chi connectivity index (χ1) is 8.13. The van der Waals surface area contributed by atoms with Crippen molar-refractivity contribution in [2.75, 3.05) is 10.6 Å². The zero-order valence-corrected chi connectivity index (χ0v) is 10.7. The van der Waals surface area contributed by atoms with E-state index < -0.39 is 0 Å². The van der Waals surface area contributed by atoms with Gasteiger partial charge in [0.2, 0.25) is 5.91 Å². The van der Waals surface area contributed by atoms with Crippen molar-refractivity contribution >= 4 is 33.2 Å². The predicted octanol–water partition coefficient (Wildman–Crippen LogP) is 3.12. The average molecular weight is 299 g/mol. The van der Waals surface area contributed by atoms with E-state index in [0.717, 1.165) is 5.69 Å². The van der Waals surface area contributed by atoms with Gasteiger partial charge in [0, 0.05) is 18.5 Å². The van der Waals surface area contributed by atoms with Crippen molar-refractivity contribution < 1.29 is 9.18 Å². The van der Waals surface area contributed by atoms with E-state index in [2.05, 4.69) is 26.6 Å². The van der Waals surface area contributed by atoms with Crippen molar-refractivity contribution in [3.8, 4) is 0 Å². The van der Waals surface area contributed by atoms with Crippen LogP contribution < -0.4 is 10.6 Å². The van der Waals surface area contributed by atoms with Gasteiger partial charge in [0.05, 0.1) is 15.8 Å². The lowest BCUT2D eigenvalue weighted by molar-refractivity contribution is -0.116. The van der Waals surface area contributed by atoms with Gasteiger partial charge in [-0.25, -0.2) is 4.39 Å².